The lowest BCUT2D eigenvalue weighted by Gasteiger charge is -2.04. The van der Waals surface area contributed by atoms with Gasteiger partial charge in [-0.15, -0.1) is 90.7 Å². The lowest BCUT2D eigenvalue weighted by atomic mass is 10.0. The third-order valence-corrected chi connectivity index (χ3v) is 24.0. The number of rotatable bonds is 34. The van der Waals surface area contributed by atoms with Crippen LogP contribution in [0.1, 0.15) is 204 Å². The Kier molecular flexibility index (Phi) is 22.5. The van der Waals surface area contributed by atoms with Crippen molar-refractivity contribution in [1.82, 2.24) is 0 Å². The molecule has 0 saturated carbocycles. The average Bonchev–Trinajstić information content (AvgIpc) is 4.22. The summed E-state index contributed by atoms with van der Waals surface area (Å²) in [4.78, 5) is 17.7. The van der Waals surface area contributed by atoms with E-state index in [0.29, 0.717) is 0 Å². The highest BCUT2D eigenvalue weighted by Crippen LogP contribution is 2.51. The molecule has 0 aliphatic heterocycles. The van der Waals surface area contributed by atoms with Crippen molar-refractivity contribution >= 4 is 100 Å². The van der Waals surface area contributed by atoms with Crippen molar-refractivity contribution in [2.75, 3.05) is 0 Å². The lowest BCUT2D eigenvalue weighted by Crippen LogP contribution is -1.86. The van der Waals surface area contributed by atoms with Crippen molar-refractivity contribution < 1.29 is 0 Å². The Bertz CT molecular complexity index is 2500. The van der Waals surface area contributed by atoms with E-state index in [2.05, 4.69) is 122 Å². The molecule has 0 amide bonds. The molecule has 0 fully saturated rings. The number of hydrogen-bond donors (Lipinski definition) is 0. The van der Waals surface area contributed by atoms with Crippen molar-refractivity contribution in [1.29, 1.82) is 0 Å². The second-order valence-corrected chi connectivity index (χ2v) is 28.1. The molecule has 8 rings (SSSR count). The molecule has 0 nitrogen and oxygen atoms in total. The molecule has 0 spiro atoms. The number of hydrogen-bond acceptors (Lipinski definition) is 8. The Hall–Kier alpha value is -2.14. The van der Waals surface area contributed by atoms with Crippen molar-refractivity contribution in [2.45, 2.75) is 207 Å². The highest BCUT2D eigenvalue weighted by atomic mass is 32.1. The van der Waals surface area contributed by atoms with Crippen LogP contribution in [0.3, 0.4) is 0 Å². The molecule has 8 heterocycles. The standard InChI is InChI=1S/C62H80S8/c1-5-9-13-17-21-25-29-45-37-39-63-59(45)49-33-35-51(65-49)61-47(31-27-23-19-15-11-7-3)41-53(69-61)55-43-57-58(67-55)44-56(68-57)54-42-48(32-28-24-20-16-12-8-4)62(70-54)52-36-34-50(66-52)60-46(38-40-64-60)30-26-22-18-14-10-6-2/h33-44H,5-32H2,1-4H3. The molecule has 0 N–H and O–H groups in total. The molecule has 376 valence electrons. The minimum Gasteiger partial charge on any atom is -0.143 e. The first-order valence-corrected chi connectivity index (χ1v) is 34.4. The van der Waals surface area contributed by atoms with Crippen LogP contribution in [-0.2, 0) is 25.7 Å². The van der Waals surface area contributed by atoms with Gasteiger partial charge in [-0.05, 0) is 145 Å². The first-order chi connectivity index (χ1) is 34.6. The molecule has 8 heteroatoms. The first-order valence-electron chi connectivity index (χ1n) is 27.7. The summed E-state index contributed by atoms with van der Waals surface area (Å²) < 4.78 is 2.88. The van der Waals surface area contributed by atoms with Crippen molar-refractivity contribution in [3.8, 4) is 58.5 Å². The van der Waals surface area contributed by atoms with Crippen LogP contribution in [-0.4, -0.2) is 0 Å². The Labute approximate surface area is 455 Å². The molecular formula is C62H80S8. The van der Waals surface area contributed by atoms with Crippen LogP contribution in [0.5, 0.6) is 0 Å². The SMILES string of the molecule is CCCCCCCCc1ccsc1-c1ccc(-c2sc(-c3cc4sc(-c5cc(CCCCCCCC)c(-c6ccc(-c7sccc7CCCCCCCC)s6)s5)cc4s3)cc2CCCCCCCC)s1. The maximum absolute atomic E-state index is 2.58. The summed E-state index contributed by atoms with van der Waals surface area (Å²) in [6, 6.07) is 24.8. The normalized spacial score (nSPS) is 11.9. The number of aryl methyl sites for hydroxylation is 4. The Morgan fingerprint density at radius 3 is 0.914 bits per heavy atom. The van der Waals surface area contributed by atoms with Crippen molar-refractivity contribution in [3.63, 3.8) is 0 Å². The van der Waals surface area contributed by atoms with E-state index < -0.39 is 0 Å². The minimum atomic E-state index is 1.18. The van der Waals surface area contributed by atoms with E-state index in [0.717, 1.165) is 0 Å². The molecule has 0 aromatic carbocycles. The third-order valence-electron chi connectivity index (χ3n) is 14.1. The number of thiophene rings is 8. The summed E-state index contributed by atoms with van der Waals surface area (Å²) >= 11 is 16.1. The highest BCUT2D eigenvalue weighted by Gasteiger charge is 2.21. The van der Waals surface area contributed by atoms with Crippen LogP contribution >= 0.6 is 90.7 Å². The van der Waals surface area contributed by atoms with E-state index >= 15 is 0 Å². The molecule has 8 aromatic rings. The van der Waals surface area contributed by atoms with Crippen LogP contribution in [0.25, 0.3) is 67.9 Å². The van der Waals surface area contributed by atoms with Gasteiger partial charge in [-0.2, -0.15) is 0 Å². The molecule has 0 bridgehead atoms. The zero-order valence-electron chi connectivity index (χ0n) is 43.0. The van der Waals surface area contributed by atoms with Crippen molar-refractivity contribution in [3.05, 3.63) is 93.7 Å². The third kappa shape index (κ3) is 15.0. The summed E-state index contributed by atoms with van der Waals surface area (Å²) in [5.74, 6) is 0. The fraction of sp³-hybridized carbons (Fsp3) is 0.516. The molecule has 0 saturated heterocycles. The van der Waals surface area contributed by atoms with Gasteiger partial charge in [0.2, 0.25) is 0 Å². The first kappa shape index (κ1) is 54.1. The summed E-state index contributed by atoms with van der Waals surface area (Å²) in [5, 5.41) is 4.65. The predicted molar refractivity (Wildman–Crippen MR) is 328 cm³/mol. The number of fused-ring (bicyclic) bond motifs is 1. The van der Waals surface area contributed by atoms with Crippen LogP contribution in [0.15, 0.2) is 71.4 Å². The van der Waals surface area contributed by atoms with E-state index in [-0.39, 0.29) is 0 Å². The summed E-state index contributed by atoms with van der Waals surface area (Å²) in [6.07, 6.45) is 37.1. The van der Waals surface area contributed by atoms with Gasteiger partial charge in [0.05, 0.1) is 0 Å². The van der Waals surface area contributed by atoms with Gasteiger partial charge in [0, 0.05) is 67.9 Å². The maximum atomic E-state index is 2.58. The number of unbranched alkanes of at least 4 members (excludes halogenated alkanes) is 20. The predicted octanol–water partition coefficient (Wildman–Crippen LogP) is 24.9. The topological polar surface area (TPSA) is 0 Å². The monoisotopic (exact) mass is 1080 g/mol. The van der Waals surface area contributed by atoms with E-state index in [1.54, 1.807) is 22.3 Å². The van der Waals surface area contributed by atoms with Gasteiger partial charge in [0.15, 0.2) is 0 Å². The molecule has 0 aliphatic carbocycles. The molecular weight excluding hydrogens is 1000 g/mol. The van der Waals surface area contributed by atoms with Gasteiger partial charge in [0.25, 0.3) is 0 Å². The molecule has 0 radical (unpaired) electrons. The van der Waals surface area contributed by atoms with Crippen LogP contribution in [0.2, 0.25) is 0 Å². The molecule has 0 unspecified atom stereocenters. The Balaban J connectivity index is 1.01. The Morgan fingerprint density at radius 2 is 0.557 bits per heavy atom. The zero-order chi connectivity index (χ0) is 48.3. The lowest BCUT2D eigenvalue weighted by molar-refractivity contribution is 0.608. The second kappa shape index (κ2) is 29.1. The van der Waals surface area contributed by atoms with Gasteiger partial charge in [-0.1, -0.05) is 156 Å². The summed E-state index contributed by atoms with van der Waals surface area (Å²) in [6.45, 7) is 9.27. The van der Waals surface area contributed by atoms with Gasteiger partial charge in [0.1, 0.15) is 0 Å². The molecule has 8 aromatic heterocycles. The largest absolute Gasteiger partial charge is 0.143 e. The minimum absolute atomic E-state index is 1.18. The fourth-order valence-electron chi connectivity index (χ4n) is 10.0. The Morgan fingerprint density at radius 1 is 0.257 bits per heavy atom. The van der Waals surface area contributed by atoms with Gasteiger partial charge >= 0.3 is 0 Å². The quantitative estimate of drug-likeness (QED) is 0.0353. The fourth-order valence-corrected chi connectivity index (χ4v) is 19.5. The highest BCUT2D eigenvalue weighted by molar-refractivity contribution is 7.34. The molecule has 70 heavy (non-hydrogen) atoms. The van der Waals surface area contributed by atoms with E-state index in [1.807, 2.05) is 68.0 Å². The zero-order valence-corrected chi connectivity index (χ0v) is 49.5. The van der Waals surface area contributed by atoms with E-state index in [1.165, 1.54) is 248 Å². The van der Waals surface area contributed by atoms with Crippen LogP contribution in [0.4, 0.5) is 0 Å². The summed E-state index contributed by atoms with van der Waals surface area (Å²) in [5.41, 5.74) is 6.24. The summed E-state index contributed by atoms with van der Waals surface area (Å²) in [7, 11) is 0. The smallest absolute Gasteiger partial charge is 0.0481 e. The second-order valence-electron chi connectivity index (χ2n) is 19.8. The van der Waals surface area contributed by atoms with E-state index in [4.69, 9.17) is 0 Å². The molecule has 0 aliphatic rings. The van der Waals surface area contributed by atoms with Crippen molar-refractivity contribution in [2.24, 2.45) is 0 Å². The molecule has 0 atom stereocenters. The van der Waals surface area contributed by atoms with Crippen LogP contribution < -0.4 is 0 Å². The maximum Gasteiger partial charge on any atom is 0.0481 e. The van der Waals surface area contributed by atoms with Gasteiger partial charge in [-0.3, -0.25) is 0 Å². The van der Waals surface area contributed by atoms with Gasteiger partial charge in [-0.25, -0.2) is 0 Å². The average molecular weight is 1080 g/mol. The van der Waals surface area contributed by atoms with E-state index in [9.17, 15) is 0 Å². The van der Waals surface area contributed by atoms with Gasteiger partial charge < -0.3 is 0 Å². The van der Waals surface area contributed by atoms with Crippen LogP contribution in [0, 0.1) is 0 Å².